The predicted octanol–water partition coefficient (Wildman–Crippen LogP) is 4.38. The molecule has 1 aromatic carbocycles. The Kier molecular flexibility index (Phi) is 7.27. The van der Waals surface area contributed by atoms with Gasteiger partial charge >= 0.3 is 0 Å². The fourth-order valence-corrected chi connectivity index (χ4v) is 2.00. The van der Waals surface area contributed by atoms with Crippen molar-refractivity contribution in [2.45, 2.75) is 45.4 Å². The van der Waals surface area contributed by atoms with Crippen molar-refractivity contribution in [2.75, 3.05) is 13.7 Å². The molecule has 0 heterocycles. The third kappa shape index (κ3) is 5.48. The quantitative estimate of drug-likeness (QED) is 0.704. The second-order valence-corrected chi connectivity index (χ2v) is 5.13. The number of hydrogen-bond donors (Lipinski definition) is 1. The van der Waals surface area contributed by atoms with Gasteiger partial charge in [0.25, 0.3) is 0 Å². The van der Waals surface area contributed by atoms with Crippen LogP contribution in [-0.4, -0.2) is 18.8 Å². The number of rotatable bonds is 8. The van der Waals surface area contributed by atoms with Gasteiger partial charge < -0.3 is 9.84 Å². The molecule has 0 aliphatic heterocycles. The van der Waals surface area contributed by atoms with Crippen LogP contribution in [0.25, 0.3) is 6.08 Å². The first-order valence-corrected chi connectivity index (χ1v) is 7.14. The van der Waals surface area contributed by atoms with E-state index in [0.29, 0.717) is 12.5 Å². The van der Waals surface area contributed by atoms with Crippen LogP contribution < -0.4 is 4.74 Å². The monoisotopic (exact) mass is 262 g/mol. The molecule has 0 saturated heterocycles. The SMILES string of the molecule is COc1ccc(C(C)C)cc1C=CCCCCCO. The summed E-state index contributed by atoms with van der Waals surface area (Å²) in [5.41, 5.74) is 2.48. The number of hydrogen-bond acceptors (Lipinski definition) is 2. The van der Waals surface area contributed by atoms with Crippen LogP contribution in [0.15, 0.2) is 24.3 Å². The van der Waals surface area contributed by atoms with Crippen LogP contribution in [0.4, 0.5) is 0 Å². The molecule has 0 aliphatic carbocycles. The second kappa shape index (κ2) is 8.76. The molecule has 0 spiro atoms. The molecule has 0 bridgehead atoms. The van der Waals surface area contributed by atoms with Crippen molar-refractivity contribution in [3.8, 4) is 5.75 Å². The van der Waals surface area contributed by atoms with Gasteiger partial charge in [-0.15, -0.1) is 0 Å². The van der Waals surface area contributed by atoms with E-state index >= 15 is 0 Å². The molecule has 0 radical (unpaired) electrons. The zero-order chi connectivity index (χ0) is 14.1. The summed E-state index contributed by atoms with van der Waals surface area (Å²) in [6, 6.07) is 6.37. The Hall–Kier alpha value is -1.28. The Bertz CT molecular complexity index is 394. The van der Waals surface area contributed by atoms with Crippen LogP contribution in [0.5, 0.6) is 5.75 Å². The highest BCUT2D eigenvalue weighted by Crippen LogP contribution is 2.25. The van der Waals surface area contributed by atoms with Crippen LogP contribution in [0.3, 0.4) is 0 Å². The third-order valence-corrected chi connectivity index (χ3v) is 3.25. The van der Waals surface area contributed by atoms with Gasteiger partial charge in [-0.05, 0) is 42.9 Å². The lowest BCUT2D eigenvalue weighted by molar-refractivity contribution is 0.283. The number of benzene rings is 1. The number of unbranched alkanes of at least 4 members (excludes halogenated alkanes) is 3. The summed E-state index contributed by atoms with van der Waals surface area (Å²) in [4.78, 5) is 0. The van der Waals surface area contributed by atoms with Gasteiger partial charge in [0.05, 0.1) is 7.11 Å². The van der Waals surface area contributed by atoms with Gasteiger partial charge in [-0.3, -0.25) is 0 Å². The summed E-state index contributed by atoms with van der Waals surface area (Å²) >= 11 is 0. The molecule has 0 saturated carbocycles. The van der Waals surface area contributed by atoms with Crippen molar-refractivity contribution in [2.24, 2.45) is 0 Å². The molecule has 1 N–H and O–H groups in total. The van der Waals surface area contributed by atoms with Crippen LogP contribution in [0.2, 0.25) is 0 Å². The minimum absolute atomic E-state index is 0.300. The van der Waals surface area contributed by atoms with Gasteiger partial charge in [0.2, 0.25) is 0 Å². The van der Waals surface area contributed by atoms with E-state index in [1.807, 2.05) is 6.07 Å². The summed E-state index contributed by atoms with van der Waals surface area (Å²) in [7, 11) is 1.71. The van der Waals surface area contributed by atoms with E-state index in [2.05, 4.69) is 38.1 Å². The van der Waals surface area contributed by atoms with Crippen LogP contribution in [0, 0.1) is 0 Å². The first kappa shape index (κ1) is 15.8. The van der Waals surface area contributed by atoms with Gasteiger partial charge in [-0.25, -0.2) is 0 Å². The van der Waals surface area contributed by atoms with Crippen molar-refractivity contribution in [3.63, 3.8) is 0 Å². The van der Waals surface area contributed by atoms with Gasteiger partial charge in [0.1, 0.15) is 5.75 Å². The molecule has 0 atom stereocenters. The van der Waals surface area contributed by atoms with E-state index < -0.39 is 0 Å². The zero-order valence-corrected chi connectivity index (χ0v) is 12.4. The third-order valence-electron chi connectivity index (χ3n) is 3.25. The lowest BCUT2D eigenvalue weighted by Crippen LogP contribution is -1.92. The van der Waals surface area contributed by atoms with Crippen LogP contribution in [-0.2, 0) is 0 Å². The molecule has 1 rings (SSSR count). The maximum Gasteiger partial charge on any atom is 0.126 e. The molecule has 0 amide bonds. The Morgan fingerprint density at radius 2 is 2.00 bits per heavy atom. The van der Waals surface area contributed by atoms with E-state index in [0.717, 1.165) is 37.0 Å². The number of aliphatic hydroxyl groups excluding tert-OH is 1. The van der Waals surface area contributed by atoms with Crippen molar-refractivity contribution in [3.05, 3.63) is 35.4 Å². The van der Waals surface area contributed by atoms with Gasteiger partial charge in [0.15, 0.2) is 0 Å². The average Bonchev–Trinajstić information content (AvgIpc) is 2.42. The highest BCUT2D eigenvalue weighted by atomic mass is 16.5. The van der Waals surface area contributed by atoms with Crippen molar-refractivity contribution in [1.29, 1.82) is 0 Å². The van der Waals surface area contributed by atoms with Crippen LogP contribution in [0.1, 0.15) is 56.6 Å². The number of aliphatic hydroxyl groups is 1. The van der Waals surface area contributed by atoms with Crippen LogP contribution >= 0.6 is 0 Å². The molecule has 0 fully saturated rings. The van der Waals surface area contributed by atoms with Gasteiger partial charge in [0, 0.05) is 12.2 Å². The molecule has 19 heavy (non-hydrogen) atoms. The topological polar surface area (TPSA) is 29.5 Å². The predicted molar refractivity (Wildman–Crippen MR) is 81.7 cm³/mol. The minimum atomic E-state index is 0.300. The van der Waals surface area contributed by atoms with Gasteiger partial charge in [-0.1, -0.05) is 38.5 Å². The first-order chi connectivity index (χ1) is 9.19. The fraction of sp³-hybridized carbons (Fsp3) is 0.529. The summed E-state index contributed by atoms with van der Waals surface area (Å²) in [6.45, 7) is 4.70. The number of ether oxygens (including phenoxy) is 1. The number of allylic oxidation sites excluding steroid dienone is 1. The molecule has 0 aromatic heterocycles. The zero-order valence-electron chi connectivity index (χ0n) is 12.4. The lowest BCUT2D eigenvalue weighted by Gasteiger charge is -2.10. The maximum absolute atomic E-state index is 8.72. The normalized spacial score (nSPS) is 11.4. The molecule has 0 unspecified atom stereocenters. The summed E-state index contributed by atoms with van der Waals surface area (Å²) in [5.74, 6) is 1.46. The Morgan fingerprint density at radius 1 is 1.21 bits per heavy atom. The maximum atomic E-state index is 8.72. The van der Waals surface area contributed by atoms with E-state index in [4.69, 9.17) is 9.84 Å². The van der Waals surface area contributed by atoms with E-state index in [1.54, 1.807) is 7.11 Å². The minimum Gasteiger partial charge on any atom is -0.496 e. The lowest BCUT2D eigenvalue weighted by atomic mass is 10.00. The molecule has 106 valence electrons. The van der Waals surface area contributed by atoms with Crippen molar-refractivity contribution < 1.29 is 9.84 Å². The highest BCUT2D eigenvalue weighted by Gasteiger charge is 2.04. The smallest absolute Gasteiger partial charge is 0.126 e. The Morgan fingerprint density at radius 3 is 2.63 bits per heavy atom. The molecule has 1 aromatic rings. The summed E-state index contributed by atoms with van der Waals surface area (Å²) in [5, 5.41) is 8.72. The molecule has 2 heteroatoms. The number of methoxy groups -OCH3 is 1. The molecular formula is C17H26O2. The molecular weight excluding hydrogens is 236 g/mol. The molecule has 2 nitrogen and oxygen atoms in total. The summed E-state index contributed by atoms with van der Waals surface area (Å²) in [6.07, 6.45) is 8.51. The van der Waals surface area contributed by atoms with E-state index in [-0.39, 0.29) is 0 Å². The standard InChI is InChI=1S/C17H26O2/c1-14(2)15-10-11-17(19-3)16(13-15)9-7-5-4-6-8-12-18/h7,9-11,13-14,18H,4-6,8,12H2,1-3H3. The van der Waals surface area contributed by atoms with Crippen molar-refractivity contribution >= 4 is 6.08 Å². The average molecular weight is 262 g/mol. The largest absolute Gasteiger partial charge is 0.496 e. The Labute approximate surface area is 117 Å². The highest BCUT2D eigenvalue weighted by molar-refractivity contribution is 5.58. The van der Waals surface area contributed by atoms with Crippen molar-refractivity contribution in [1.82, 2.24) is 0 Å². The molecule has 0 aliphatic rings. The van der Waals surface area contributed by atoms with Gasteiger partial charge in [-0.2, -0.15) is 0 Å². The first-order valence-electron chi connectivity index (χ1n) is 7.14. The Balaban J connectivity index is 2.64. The second-order valence-electron chi connectivity index (χ2n) is 5.13. The fourth-order valence-electron chi connectivity index (χ4n) is 2.00. The van der Waals surface area contributed by atoms with E-state index in [1.165, 1.54) is 5.56 Å². The van der Waals surface area contributed by atoms with E-state index in [9.17, 15) is 0 Å². The summed E-state index contributed by atoms with van der Waals surface area (Å²) < 4.78 is 5.39.